The lowest BCUT2D eigenvalue weighted by molar-refractivity contribution is 0.519. The summed E-state index contributed by atoms with van der Waals surface area (Å²) in [4.78, 5) is 0.114. The average Bonchev–Trinajstić information content (AvgIpc) is 2.88. The summed E-state index contributed by atoms with van der Waals surface area (Å²) in [6.45, 7) is 4.16. The molecule has 0 aliphatic carbocycles. The molecule has 4 nitrogen and oxygen atoms in total. The first kappa shape index (κ1) is 16.0. The van der Waals surface area contributed by atoms with E-state index < -0.39 is 10.0 Å². The lowest BCUT2D eigenvalue weighted by Gasteiger charge is -2.11. The minimum Gasteiger partial charge on any atom is -0.316 e. The van der Waals surface area contributed by atoms with Crippen LogP contribution in [0.25, 0.3) is 0 Å². The quantitative estimate of drug-likeness (QED) is 0.868. The number of sulfonamides is 1. The summed E-state index contributed by atoms with van der Waals surface area (Å²) in [6.07, 6.45) is 1.93. The molecule has 7 heteroatoms. The maximum atomic E-state index is 12.2. The fraction of sp³-hybridized carbons (Fsp3) is 0.538. The van der Waals surface area contributed by atoms with Crippen LogP contribution in [-0.4, -0.2) is 28.1 Å². The largest absolute Gasteiger partial charge is 0.316 e. The normalized spacial score (nSPS) is 19.4. The fourth-order valence-electron chi connectivity index (χ4n) is 2.22. The Morgan fingerprint density at radius 3 is 2.55 bits per heavy atom. The summed E-state index contributed by atoms with van der Waals surface area (Å²) < 4.78 is 27.0. The number of nitrogens with one attached hydrogen (secondary N) is 2. The molecule has 20 heavy (non-hydrogen) atoms. The van der Waals surface area contributed by atoms with Gasteiger partial charge in [-0.2, -0.15) is 0 Å². The molecule has 1 atom stereocenters. The topological polar surface area (TPSA) is 58.2 Å². The Balaban J connectivity index is 2.02. The third-order valence-corrected chi connectivity index (χ3v) is 5.80. The summed E-state index contributed by atoms with van der Waals surface area (Å²) in [7, 11) is -3.55. The SMILES string of the molecule is Cc1c(Cl)cc(S(=O)(=O)NCCC2CCNC2)cc1Cl. The summed E-state index contributed by atoms with van der Waals surface area (Å²) in [6, 6.07) is 2.87. The van der Waals surface area contributed by atoms with E-state index in [1.165, 1.54) is 12.1 Å². The van der Waals surface area contributed by atoms with Crippen molar-refractivity contribution in [3.05, 3.63) is 27.7 Å². The second kappa shape index (κ2) is 6.62. The molecule has 0 amide bonds. The fourth-order valence-corrected chi connectivity index (χ4v) is 3.93. The highest BCUT2D eigenvalue weighted by Crippen LogP contribution is 2.27. The van der Waals surface area contributed by atoms with Gasteiger partial charge in [0.25, 0.3) is 0 Å². The number of halogens is 2. The Morgan fingerprint density at radius 1 is 1.35 bits per heavy atom. The van der Waals surface area contributed by atoms with Crippen LogP contribution in [0.4, 0.5) is 0 Å². The molecular formula is C13H18Cl2N2O2S. The molecule has 0 bridgehead atoms. The van der Waals surface area contributed by atoms with Crippen LogP contribution in [0.5, 0.6) is 0 Å². The van der Waals surface area contributed by atoms with E-state index >= 15 is 0 Å². The lowest BCUT2D eigenvalue weighted by Crippen LogP contribution is -2.26. The molecule has 2 N–H and O–H groups in total. The molecule has 1 aliphatic heterocycles. The highest BCUT2D eigenvalue weighted by atomic mass is 35.5. The van der Waals surface area contributed by atoms with Crippen molar-refractivity contribution in [2.75, 3.05) is 19.6 Å². The van der Waals surface area contributed by atoms with E-state index in [-0.39, 0.29) is 4.90 Å². The molecule has 0 radical (unpaired) electrons. The van der Waals surface area contributed by atoms with E-state index in [1.54, 1.807) is 6.92 Å². The molecule has 1 unspecified atom stereocenters. The van der Waals surface area contributed by atoms with E-state index in [2.05, 4.69) is 10.0 Å². The Hall–Kier alpha value is -0.330. The van der Waals surface area contributed by atoms with Crippen LogP contribution in [0, 0.1) is 12.8 Å². The molecule has 1 aromatic rings. The first-order chi connectivity index (χ1) is 9.40. The second-order valence-corrected chi connectivity index (χ2v) is 7.64. The third-order valence-electron chi connectivity index (χ3n) is 3.57. The summed E-state index contributed by atoms with van der Waals surface area (Å²) in [5.74, 6) is 0.544. The van der Waals surface area contributed by atoms with Gasteiger partial charge in [0.1, 0.15) is 0 Å². The smallest absolute Gasteiger partial charge is 0.240 e. The van der Waals surface area contributed by atoms with Crippen molar-refractivity contribution >= 4 is 33.2 Å². The van der Waals surface area contributed by atoms with Gasteiger partial charge in [-0.05, 0) is 56.5 Å². The molecule has 1 aliphatic rings. The van der Waals surface area contributed by atoms with Gasteiger partial charge in [0.05, 0.1) is 4.90 Å². The Kier molecular flexibility index (Phi) is 5.31. The molecule has 0 aromatic heterocycles. The second-order valence-electron chi connectivity index (χ2n) is 5.06. The van der Waals surface area contributed by atoms with Crippen LogP contribution in [0.2, 0.25) is 10.0 Å². The third kappa shape index (κ3) is 3.86. The predicted octanol–water partition coefficient (Wildman–Crippen LogP) is 2.58. The highest BCUT2D eigenvalue weighted by molar-refractivity contribution is 7.89. The van der Waals surface area contributed by atoms with Crippen LogP contribution in [0.15, 0.2) is 17.0 Å². The van der Waals surface area contributed by atoms with Crippen molar-refractivity contribution in [2.45, 2.75) is 24.7 Å². The van der Waals surface area contributed by atoms with Gasteiger partial charge in [-0.3, -0.25) is 0 Å². The number of benzene rings is 1. The lowest BCUT2D eigenvalue weighted by atomic mass is 10.1. The van der Waals surface area contributed by atoms with Crippen molar-refractivity contribution in [1.29, 1.82) is 0 Å². The summed E-state index contributed by atoms with van der Waals surface area (Å²) >= 11 is 12.0. The molecule has 1 fully saturated rings. The van der Waals surface area contributed by atoms with E-state index in [0.29, 0.717) is 28.1 Å². The Bertz CT molecular complexity index is 561. The van der Waals surface area contributed by atoms with E-state index in [1.807, 2.05) is 0 Å². The van der Waals surface area contributed by atoms with Crippen molar-refractivity contribution in [3.63, 3.8) is 0 Å². The number of hydrogen-bond acceptors (Lipinski definition) is 3. The van der Waals surface area contributed by atoms with Crippen LogP contribution < -0.4 is 10.0 Å². The monoisotopic (exact) mass is 336 g/mol. The first-order valence-corrected chi connectivity index (χ1v) is 8.80. The maximum Gasteiger partial charge on any atom is 0.240 e. The number of rotatable bonds is 5. The molecule has 0 saturated carbocycles. The minimum absolute atomic E-state index is 0.114. The van der Waals surface area contributed by atoms with Crippen LogP contribution >= 0.6 is 23.2 Å². The zero-order valence-electron chi connectivity index (χ0n) is 11.2. The van der Waals surface area contributed by atoms with Crippen molar-refractivity contribution in [3.8, 4) is 0 Å². The Morgan fingerprint density at radius 2 is 2.00 bits per heavy atom. The van der Waals surface area contributed by atoms with Crippen molar-refractivity contribution in [1.82, 2.24) is 10.0 Å². The van der Waals surface area contributed by atoms with Gasteiger partial charge in [0.2, 0.25) is 10.0 Å². The molecular weight excluding hydrogens is 319 g/mol. The maximum absolute atomic E-state index is 12.2. The average molecular weight is 337 g/mol. The van der Waals surface area contributed by atoms with Gasteiger partial charge < -0.3 is 5.32 Å². The molecule has 1 saturated heterocycles. The van der Waals surface area contributed by atoms with Gasteiger partial charge in [-0.15, -0.1) is 0 Å². The highest BCUT2D eigenvalue weighted by Gasteiger charge is 2.19. The molecule has 1 heterocycles. The number of hydrogen-bond donors (Lipinski definition) is 2. The zero-order chi connectivity index (χ0) is 14.8. The van der Waals surface area contributed by atoms with Crippen molar-refractivity contribution < 1.29 is 8.42 Å². The predicted molar refractivity (Wildman–Crippen MR) is 82.0 cm³/mol. The zero-order valence-corrected chi connectivity index (χ0v) is 13.6. The van der Waals surface area contributed by atoms with Gasteiger partial charge >= 0.3 is 0 Å². The molecule has 112 valence electrons. The van der Waals surface area contributed by atoms with Gasteiger partial charge in [0.15, 0.2) is 0 Å². The molecule has 2 rings (SSSR count). The van der Waals surface area contributed by atoms with Crippen molar-refractivity contribution in [2.24, 2.45) is 5.92 Å². The minimum atomic E-state index is -3.55. The standard InChI is InChI=1S/C13H18Cl2N2O2S/c1-9-12(14)6-11(7-13(9)15)20(18,19)17-5-3-10-2-4-16-8-10/h6-7,10,16-17H,2-5,8H2,1H3. The van der Waals surface area contributed by atoms with E-state index in [9.17, 15) is 8.42 Å². The van der Waals surface area contributed by atoms with Gasteiger partial charge in [-0.1, -0.05) is 23.2 Å². The summed E-state index contributed by atoms with van der Waals surface area (Å²) in [5, 5.41) is 3.98. The van der Waals surface area contributed by atoms with E-state index in [4.69, 9.17) is 23.2 Å². The van der Waals surface area contributed by atoms with Gasteiger partial charge in [-0.25, -0.2) is 13.1 Å². The van der Waals surface area contributed by atoms with Gasteiger partial charge in [0, 0.05) is 16.6 Å². The van der Waals surface area contributed by atoms with Crippen LogP contribution in [0.1, 0.15) is 18.4 Å². The van der Waals surface area contributed by atoms with Crippen LogP contribution in [-0.2, 0) is 10.0 Å². The summed E-state index contributed by atoms with van der Waals surface area (Å²) in [5.41, 5.74) is 0.685. The van der Waals surface area contributed by atoms with Crippen LogP contribution in [0.3, 0.4) is 0 Å². The molecule has 0 spiro atoms. The molecule has 1 aromatic carbocycles. The first-order valence-electron chi connectivity index (χ1n) is 6.56. The Labute approximate surface area is 129 Å². The van der Waals surface area contributed by atoms with E-state index in [0.717, 1.165) is 25.9 Å².